The number of hydrogen-bond acceptors (Lipinski definition) is 0. The van der Waals surface area contributed by atoms with Crippen LogP contribution < -0.4 is 28.1 Å². The van der Waals surface area contributed by atoms with E-state index in [0.29, 0.717) is 0 Å². The van der Waals surface area contributed by atoms with Crippen molar-refractivity contribution in [1.82, 2.24) is 0 Å². The van der Waals surface area contributed by atoms with Crippen molar-refractivity contribution in [3.8, 4) is 11.1 Å². The molecule has 0 heterocycles. The van der Waals surface area contributed by atoms with Crippen LogP contribution in [0.3, 0.4) is 0 Å². The fourth-order valence-electron chi connectivity index (χ4n) is 7.24. The van der Waals surface area contributed by atoms with Crippen LogP contribution in [0.15, 0.2) is 111 Å². The molecule has 0 aliphatic heterocycles. The van der Waals surface area contributed by atoms with Gasteiger partial charge in [0.25, 0.3) is 0 Å². The molecule has 0 unspecified atom stereocenters. The summed E-state index contributed by atoms with van der Waals surface area (Å²) in [6.45, 7) is 23.9. The number of rotatable bonds is 4. The summed E-state index contributed by atoms with van der Waals surface area (Å²) in [6.07, 6.45) is 4.68. The molecule has 0 saturated heterocycles. The molecule has 0 aromatic heterocycles. The minimum Gasteiger partial charge on any atom is -1.00 e. The van der Waals surface area contributed by atoms with Gasteiger partial charge in [-0.25, -0.2) is 0 Å². The van der Waals surface area contributed by atoms with Crippen molar-refractivity contribution >= 4 is 6.48 Å². The van der Waals surface area contributed by atoms with Crippen LogP contribution in [0.2, 0.25) is 0 Å². The molecule has 4 aromatic carbocycles. The fraction of sp³-hybridized carbons (Fsp3) is 0.341. The van der Waals surface area contributed by atoms with E-state index >= 15 is 0 Å². The Morgan fingerprint density at radius 1 is 0.596 bits per heavy atom. The summed E-state index contributed by atoms with van der Waals surface area (Å²) in [5.41, 5.74) is 15.2. The van der Waals surface area contributed by atoms with Gasteiger partial charge in [0, 0.05) is 0 Å². The second kappa shape index (κ2) is 13.9. The molecule has 2 aliphatic rings. The van der Waals surface area contributed by atoms with Crippen LogP contribution in [0.1, 0.15) is 109 Å². The molecule has 2 aliphatic carbocycles. The van der Waals surface area contributed by atoms with E-state index in [4.69, 9.17) is 0 Å². The molecule has 4 aromatic rings. The standard InChI is InChI=1S/C21H25.C13H10.C10H15.2ClH.Zr/c1-20(2,3)16-7-9-18-14(12-16)11-15-13-17(21(4,5)6)8-10-19(15)18;1-3-7-12(8-4-1)11-13-9-5-2-6-10-13;1-8-5-6-9(7-8)10(2,3)4;;;/h7-10,12H,11H2,1-6H3;1-10H;7H,6H2,1-4H3;2*1H;/q;;;;;+2/p-2. The number of halogens is 2. The third-order valence-electron chi connectivity index (χ3n) is 9.87. The number of fused-ring (bicyclic) bond motifs is 3. The number of allylic oxidation sites excluding steroid dienone is 4. The minimum atomic E-state index is -2.88. The summed E-state index contributed by atoms with van der Waals surface area (Å²) in [7, 11) is 0. The van der Waals surface area contributed by atoms with Crippen molar-refractivity contribution in [1.29, 1.82) is 0 Å². The van der Waals surface area contributed by atoms with E-state index in [2.05, 4.69) is 166 Å². The zero-order chi connectivity index (χ0) is 32.3. The van der Waals surface area contributed by atoms with Crippen molar-refractivity contribution in [2.24, 2.45) is 5.41 Å². The SMILES string of the molecule is CC1=[C]([Zr+2](=[C](c2ccccc2)c2ccccc2)[c]2c(C(C)(C)C)ccc3c2Cc2cc(C(C)(C)C)ccc2-3)CC(C(C)(C)C)=C1.[Cl-].[Cl-]. The molecule has 0 atom stereocenters. The Morgan fingerprint density at radius 2 is 1.15 bits per heavy atom. The second-order valence-corrected chi connectivity index (χ2v) is 22.1. The van der Waals surface area contributed by atoms with Crippen molar-refractivity contribution in [3.63, 3.8) is 0 Å². The Hall–Kier alpha value is -2.31. The Balaban J connectivity index is 0.00000250. The quantitative estimate of drug-likeness (QED) is 0.243. The first-order valence-corrected chi connectivity index (χ1v) is 20.4. The zero-order valence-corrected chi connectivity index (χ0v) is 33.9. The van der Waals surface area contributed by atoms with Gasteiger partial charge in [0.05, 0.1) is 0 Å². The van der Waals surface area contributed by atoms with E-state index in [9.17, 15) is 0 Å². The van der Waals surface area contributed by atoms with Crippen LogP contribution in [0, 0.1) is 5.41 Å². The zero-order valence-electron chi connectivity index (χ0n) is 29.9. The molecular formula is C44H50Cl2Zr. The van der Waals surface area contributed by atoms with Crippen LogP contribution in [0.5, 0.6) is 0 Å². The van der Waals surface area contributed by atoms with Crippen molar-refractivity contribution in [2.45, 2.75) is 92.9 Å². The van der Waals surface area contributed by atoms with Gasteiger partial charge < -0.3 is 24.8 Å². The molecule has 0 radical (unpaired) electrons. The summed E-state index contributed by atoms with van der Waals surface area (Å²) >= 11 is -2.88. The van der Waals surface area contributed by atoms with E-state index in [1.807, 2.05) is 0 Å². The van der Waals surface area contributed by atoms with Crippen LogP contribution in [-0.2, 0) is 38.5 Å². The van der Waals surface area contributed by atoms with Crippen molar-refractivity contribution in [3.05, 3.63) is 145 Å². The molecule has 6 rings (SSSR count). The average molecular weight is 741 g/mol. The van der Waals surface area contributed by atoms with Crippen LogP contribution in [0.4, 0.5) is 0 Å². The Bertz CT molecular complexity index is 1830. The molecule has 47 heavy (non-hydrogen) atoms. The van der Waals surface area contributed by atoms with Crippen LogP contribution in [-0.4, -0.2) is 3.21 Å². The minimum absolute atomic E-state index is 0. The molecule has 0 nitrogen and oxygen atoms in total. The van der Waals surface area contributed by atoms with Gasteiger partial charge in [0.1, 0.15) is 0 Å². The summed E-state index contributed by atoms with van der Waals surface area (Å²) in [4.78, 5) is 0. The summed E-state index contributed by atoms with van der Waals surface area (Å²) < 4.78 is 5.08. The van der Waals surface area contributed by atoms with Gasteiger partial charge in [-0.2, -0.15) is 0 Å². The first kappa shape index (κ1) is 37.5. The van der Waals surface area contributed by atoms with Crippen LogP contribution in [0.25, 0.3) is 11.1 Å². The van der Waals surface area contributed by atoms with Gasteiger partial charge in [-0.1, -0.05) is 0 Å². The van der Waals surface area contributed by atoms with E-state index in [0.717, 1.165) is 12.8 Å². The van der Waals surface area contributed by atoms with Crippen LogP contribution >= 0.6 is 0 Å². The molecule has 0 N–H and O–H groups in total. The summed E-state index contributed by atoms with van der Waals surface area (Å²) in [5.74, 6) is 0. The average Bonchev–Trinajstić information content (AvgIpc) is 3.55. The Labute approximate surface area is 304 Å². The maximum Gasteiger partial charge on any atom is -1.00 e. The van der Waals surface area contributed by atoms with E-state index in [1.54, 1.807) is 26.5 Å². The second-order valence-electron chi connectivity index (χ2n) is 16.3. The predicted molar refractivity (Wildman–Crippen MR) is 193 cm³/mol. The van der Waals surface area contributed by atoms with E-state index < -0.39 is 21.3 Å². The monoisotopic (exact) mass is 738 g/mol. The van der Waals surface area contributed by atoms with Gasteiger partial charge in [-0.3, -0.25) is 0 Å². The first-order valence-electron chi connectivity index (χ1n) is 16.7. The molecule has 0 amide bonds. The fourth-order valence-corrected chi connectivity index (χ4v) is 16.7. The van der Waals surface area contributed by atoms with Gasteiger partial charge in [0.15, 0.2) is 0 Å². The molecule has 0 bridgehead atoms. The molecule has 244 valence electrons. The third kappa shape index (κ3) is 7.34. The number of benzene rings is 4. The van der Waals surface area contributed by atoms with Gasteiger partial charge >= 0.3 is 282 Å². The molecule has 0 saturated carbocycles. The van der Waals surface area contributed by atoms with Gasteiger partial charge in [-0.15, -0.1) is 0 Å². The number of hydrogen-bond donors (Lipinski definition) is 0. The summed E-state index contributed by atoms with van der Waals surface area (Å²) in [5, 5.41) is 0. The normalized spacial score (nSPS) is 13.9. The smallest absolute Gasteiger partial charge is 1.00 e. The Kier molecular flexibility index (Phi) is 11.1. The summed E-state index contributed by atoms with van der Waals surface area (Å²) in [6, 6.07) is 35.0. The topological polar surface area (TPSA) is 0 Å². The largest absolute Gasteiger partial charge is 1.00 e. The van der Waals surface area contributed by atoms with E-state index in [1.165, 1.54) is 39.0 Å². The molecule has 0 spiro atoms. The van der Waals surface area contributed by atoms with E-state index in [-0.39, 0.29) is 41.1 Å². The first-order chi connectivity index (χ1) is 21.1. The van der Waals surface area contributed by atoms with Crippen molar-refractivity contribution in [2.75, 3.05) is 0 Å². The third-order valence-corrected chi connectivity index (χ3v) is 18.0. The van der Waals surface area contributed by atoms with Gasteiger partial charge in [0.2, 0.25) is 0 Å². The predicted octanol–water partition coefficient (Wildman–Crippen LogP) is 5.02. The maximum absolute atomic E-state index is 2.88. The molecule has 0 fully saturated rings. The maximum atomic E-state index is 2.55. The van der Waals surface area contributed by atoms with Crippen molar-refractivity contribution < 1.29 is 46.1 Å². The Morgan fingerprint density at radius 3 is 1.64 bits per heavy atom. The molecular weight excluding hydrogens is 691 g/mol. The van der Waals surface area contributed by atoms with Gasteiger partial charge in [-0.05, 0) is 0 Å². The molecule has 3 heteroatoms.